The smallest absolute Gasteiger partial charge is 0.252 e. The normalized spacial score (nSPS) is 11.7. The maximum absolute atomic E-state index is 12.6. The van der Waals surface area contributed by atoms with Crippen molar-refractivity contribution in [2.45, 2.75) is 26.0 Å². The second-order valence-corrected chi connectivity index (χ2v) is 9.00. The van der Waals surface area contributed by atoms with Gasteiger partial charge in [-0.15, -0.1) is 11.3 Å². The first kappa shape index (κ1) is 24.3. The molecule has 0 spiro atoms. The highest BCUT2D eigenvalue weighted by Crippen LogP contribution is 2.28. The van der Waals surface area contributed by atoms with Crippen molar-refractivity contribution in [2.24, 2.45) is 0 Å². The molecule has 1 heterocycles. The molecule has 0 saturated heterocycles. The Bertz CT molecular complexity index is 1220. The average Bonchev–Trinajstić information content (AvgIpc) is 3.33. The molecule has 178 valence electrons. The molecule has 0 aliphatic carbocycles. The largest absolute Gasteiger partial charge is 0.359 e. The summed E-state index contributed by atoms with van der Waals surface area (Å²) in [6.07, 6.45) is -0.339. The highest BCUT2D eigenvalue weighted by molar-refractivity contribution is 7.14. The van der Waals surface area contributed by atoms with Crippen LogP contribution in [-0.4, -0.2) is 23.4 Å². The van der Waals surface area contributed by atoms with E-state index in [0.717, 1.165) is 27.9 Å². The number of nitrogens with one attached hydrogen (secondary N) is 2. The SMILES string of the molecule is CC(=O)NC(C)c1ccc(-c2csc(NC(=O)COC(c3ccccc3)c3ccccc3)n2)cc1. The molecule has 4 aromatic rings. The quantitative estimate of drug-likeness (QED) is 0.316. The van der Waals surface area contributed by atoms with Gasteiger partial charge in [0, 0.05) is 17.9 Å². The summed E-state index contributed by atoms with van der Waals surface area (Å²) in [6.45, 7) is 3.35. The van der Waals surface area contributed by atoms with Crippen LogP contribution in [0, 0.1) is 0 Å². The van der Waals surface area contributed by atoms with E-state index in [1.165, 1.54) is 18.3 Å². The van der Waals surface area contributed by atoms with Gasteiger partial charge in [-0.05, 0) is 23.6 Å². The first-order valence-corrected chi connectivity index (χ1v) is 12.2. The highest BCUT2D eigenvalue weighted by Gasteiger charge is 2.17. The lowest BCUT2D eigenvalue weighted by atomic mass is 10.0. The van der Waals surface area contributed by atoms with Gasteiger partial charge in [-0.25, -0.2) is 4.98 Å². The summed E-state index contributed by atoms with van der Waals surface area (Å²) >= 11 is 1.36. The third-order valence-corrected chi connectivity index (χ3v) is 6.22. The fourth-order valence-corrected chi connectivity index (χ4v) is 4.49. The van der Waals surface area contributed by atoms with Crippen molar-refractivity contribution in [3.63, 3.8) is 0 Å². The Morgan fingerprint density at radius 1 is 0.886 bits per heavy atom. The van der Waals surface area contributed by atoms with Gasteiger partial charge >= 0.3 is 0 Å². The van der Waals surface area contributed by atoms with Gasteiger partial charge in [-0.2, -0.15) is 0 Å². The lowest BCUT2D eigenvalue weighted by Crippen LogP contribution is -2.23. The summed E-state index contributed by atoms with van der Waals surface area (Å²) < 4.78 is 6.04. The van der Waals surface area contributed by atoms with Crippen molar-refractivity contribution >= 4 is 28.3 Å². The lowest BCUT2D eigenvalue weighted by Gasteiger charge is -2.18. The zero-order valence-corrected chi connectivity index (χ0v) is 20.4. The number of carbonyl (C=O) groups is 2. The Hall–Kier alpha value is -3.81. The second-order valence-electron chi connectivity index (χ2n) is 8.14. The van der Waals surface area contributed by atoms with E-state index in [2.05, 4.69) is 15.6 Å². The molecule has 0 aliphatic rings. The number of carbonyl (C=O) groups excluding carboxylic acids is 2. The second kappa shape index (κ2) is 11.6. The van der Waals surface area contributed by atoms with E-state index in [1.807, 2.05) is 97.2 Å². The molecule has 7 heteroatoms. The van der Waals surface area contributed by atoms with Crippen LogP contribution >= 0.6 is 11.3 Å². The molecule has 0 saturated carbocycles. The van der Waals surface area contributed by atoms with Gasteiger partial charge in [-0.3, -0.25) is 14.9 Å². The number of hydrogen-bond acceptors (Lipinski definition) is 5. The van der Waals surface area contributed by atoms with Crippen LogP contribution in [0.1, 0.15) is 42.7 Å². The fraction of sp³-hybridized carbons (Fsp3) is 0.179. The van der Waals surface area contributed by atoms with Crippen LogP contribution in [0.4, 0.5) is 5.13 Å². The molecule has 0 bridgehead atoms. The molecule has 2 amide bonds. The van der Waals surface area contributed by atoms with Crippen molar-refractivity contribution in [3.05, 3.63) is 107 Å². The zero-order chi connectivity index (χ0) is 24.6. The summed E-state index contributed by atoms with van der Waals surface area (Å²) in [4.78, 5) is 28.4. The molecule has 35 heavy (non-hydrogen) atoms. The van der Waals surface area contributed by atoms with E-state index < -0.39 is 0 Å². The number of ether oxygens (including phenoxy) is 1. The predicted octanol–water partition coefficient (Wildman–Crippen LogP) is 5.75. The molecule has 1 unspecified atom stereocenters. The standard InChI is InChI=1S/C28H27N3O3S/c1-19(29-20(2)32)21-13-15-22(16-14-21)25-18-35-28(30-25)31-26(33)17-34-27(23-9-5-3-6-10-23)24-11-7-4-8-12-24/h3-16,18-19,27H,17H2,1-2H3,(H,29,32)(H,30,31,33). The molecule has 6 nitrogen and oxygen atoms in total. The number of hydrogen-bond donors (Lipinski definition) is 2. The number of anilines is 1. The van der Waals surface area contributed by atoms with E-state index >= 15 is 0 Å². The monoisotopic (exact) mass is 485 g/mol. The summed E-state index contributed by atoms with van der Waals surface area (Å²) in [6, 6.07) is 27.5. The number of amides is 2. The summed E-state index contributed by atoms with van der Waals surface area (Å²) in [5, 5.41) is 8.13. The van der Waals surface area contributed by atoms with E-state index in [1.54, 1.807) is 0 Å². The van der Waals surface area contributed by atoms with Crippen LogP contribution in [0.15, 0.2) is 90.3 Å². The molecule has 1 aromatic heterocycles. The molecule has 4 rings (SSSR count). The third-order valence-electron chi connectivity index (χ3n) is 5.46. The number of aromatic nitrogens is 1. The molecule has 0 fully saturated rings. The minimum absolute atomic E-state index is 0.0655. The van der Waals surface area contributed by atoms with Gasteiger partial charge in [0.1, 0.15) is 12.7 Å². The molecular formula is C28H27N3O3S. The van der Waals surface area contributed by atoms with Crippen molar-refractivity contribution in [3.8, 4) is 11.3 Å². The third kappa shape index (κ3) is 6.62. The van der Waals surface area contributed by atoms with E-state index in [-0.39, 0.29) is 30.6 Å². The fourth-order valence-electron chi connectivity index (χ4n) is 3.75. The van der Waals surface area contributed by atoms with Crippen LogP contribution in [0.3, 0.4) is 0 Å². The van der Waals surface area contributed by atoms with Gasteiger partial charge < -0.3 is 10.1 Å². The zero-order valence-electron chi connectivity index (χ0n) is 19.6. The van der Waals surface area contributed by atoms with E-state index in [9.17, 15) is 9.59 Å². The van der Waals surface area contributed by atoms with Gasteiger partial charge in [0.05, 0.1) is 11.7 Å². The lowest BCUT2D eigenvalue weighted by molar-refractivity contribution is -0.122. The van der Waals surface area contributed by atoms with Crippen LogP contribution in [0.5, 0.6) is 0 Å². The summed E-state index contributed by atoms with van der Waals surface area (Å²) in [5.41, 5.74) is 4.69. The first-order valence-electron chi connectivity index (χ1n) is 11.3. The van der Waals surface area contributed by atoms with Crippen molar-refractivity contribution < 1.29 is 14.3 Å². The topological polar surface area (TPSA) is 80.3 Å². The van der Waals surface area contributed by atoms with Crippen LogP contribution in [0.25, 0.3) is 11.3 Å². The highest BCUT2D eigenvalue weighted by atomic mass is 32.1. The predicted molar refractivity (Wildman–Crippen MR) is 139 cm³/mol. The maximum Gasteiger partial charge on any atom is 0.252 e. The Kier molecular flexibility index (Phi) is 8.03. The van der Waals surface area contributed by atoms with Crippen LogP contribution in [0.2, 0.25) is 0 Å². The van der Waals surface area contributed by atoms with Crippen LogP contribution in [-0.2, 0) is 14.3 Å². The first-order chi connectivity index (χ1) is 17.0. The molecular weight excluding hydrogens is 458 g/mol. The van der Waals surface area contributed by atoms with Crippen molar-refractivity contribution in [1.82, 2.24) is 10.3 Å². The number of nitrogens with zero attached hydrogens (tertiary/aromatic N) is 1. The number of rotatable bonds is 9. The molecule has 3 aromatic carbocycles. The van der Waals surface area contributed by atoms with Crippen LogP contribution < -0.4 is 10.6 Å². The summed E-state index contributed by atoms with van der Waals surface area (Å²) in [5.74, 6) is -0.327. The number of benzene rings is 3. The van der Waals surface area contributed by atoms with Crippen molar-refractivity contribution in [2.75, 3.05) is 11.9 Å². The molecule has 1 atom stereocenters. The maximum atomic E-state index is 12.6. The molecule has 0 aliphatic heterocycles. The minimum Gasteiger partial charge on any atom is -0.359 e. The molecule has 2 N–H and O–H groups in total. The Morgan fingerprint density at radius 2 is 1.49 bits per heavy atom. The van der Waals surface area contributed by atoms with Gasteiger partial charge in [0.15, 0.2) is 5.13 Å². The Balaban J connectivity index is 1.37. The minimum atomic E-state index is -0.339. The Morgan fingerprint density at radius 3 is 2.06 bits per heavy atom. The number of thiazole rings is 1. The Labute approximate surface area is 209 Å². The van der Waals surface area contributed by atoms with Gasteiger partial charge in [0.25, 0.3) is 5.91 Å². The summed E-state index contributed by atoms with van der Waals surface area (Å²) in [7, 11) is 0. The van der Waals surface area contributed by atoms with E-state index in [4.69, 9.17) is 4.74 Å². The molecule has 0 radical (unpaired) electrons. The van der Waals surface area contributed by atoms with Crippen molar-refractivity contribution in [1.29, 1.82) is 0 Å². The van der Waals surface area contributed by atoms with E-state index in [0.29, 0.717) is 5.13 Å². The van der Waals surface area contributed by atoms with Gasteiger partial charge in [-0.1, -0.05) is 84.9 Å². The average molecular weight is 486 g/mol. The van der Waals surface area contributed by atoms with Gasteiger partial charge in [0.2, 0.25) is 5.91 Å².